The molecule has 0 aliphatic rings. The lowest BCUT2D eigenvalue weighted by molar-refractivity contribution is -0.161. The van der Waals surface area contributed by atoms with Gasteiger partial charge in [0.2, 0.25) is 0 Å². The fourth-order valence-corrected chi connectivity index (χ4v) is 12.4. The summed E-state index contributed by atoms with van der Waals surface area (Å²) in [6, 6.07) is 0. The quantitative estimate of drug-likeness (QED) is 0.0146. The van der Waals surface area contributed by atoms with E-state index in [1.807, 2.05) is 0 Å². The number of hydrogen-bond acceptors (Lipinski definition) is 14. The van der Waals surface area contributed by atoms with Crippen LogP contribution in [0.25, 0.3) is 0 Å². The van der Waals surface area contributed by atoms with Crippen molar-refractivity contribution in [2.24, 2.45) is 0 Å². The molecule has 0 amide bonds. The van der Waals surface area contributed by atoms with Crippen molar-refractivity contribution in [1.29, 1.82) is 0 Å². The number of phosphoric ester groups is 2. The van der Waals surface area contributed by atoms with E-state index in [9.17, 15) is 43.5 Å². The highest BCUT2D eigenvalue weighted by Crippen LogP contribution is 2.45. The van der Waals surface area contributed by atoms with Crippen molar-refractivity contribution < 1.29 is 75.8 Å². The molecule has 0 aromatic rings. The molecule has 0 spiro atoms. The van der Waals surface area contributed by atoms with Crippen molar-refractivity contribution in [3.05, 3.63) is 122 Å². The molecule has 5 unspecified atom stereocenters. The Balaban J connectivity index is 4.58. The lowest BCUT2D eigenvalue weighted by Gasteiger charge is -2.21. The molecule has 0 bridgehead atoms. The topological polar surface area (TPSA) is 231 Å². The van der Waals surface area contributed by atoms with Gasteiger partial charge in [-0.25, -0.2) is 9.13 Å². The standard InChI is InChI=1S/C85H148O16P2/c1-4-7-10-13-16-19-22-25-28-31-34-35-36-37-38-39-40-41-42-43-46-48-50-53-56-59-62-65-68-71-83(88)95-74-80(86)75-97-102(91,92)98-76-81(87)77-99-103(93,94)100-79-82(101-85(90)73-70-67-64-61-58-55-52-49-45-33-30-27-24-21-18-15-12-9-6-3)78-96-84(89)72-69-66-63-60-57-54-51-47-44-32-29-26-23-20-17-14-11-8-5-2/h16-21,25-30,34-35,37-38,44-45,47,49,80-82,86-87H,4-15,22-24,31-33,36,39-43,46,48,50-79H2,1-3H3,(H,91,92)(H,93,94)/b19-16-,20-17-,21-18-,28-25-,29-26-,30-27-,35-34-,38-37-,47-44-,49-45-. The maximum atomic E-state index is 13.0. The van der Waals surface area contributed by atoms with Crippen molar-refractivity contribution in [1.82, 2.24) is 0 Å². The van der Waals surface area contributed by atoms with Gasteiger partial charge in [0, 0.05) is 19.3 Å². The average Bonchev–Trinajstić information content (AvgIpc) is 0.918. The summed E-state index contributed by atoms with van der Waals surface area (Å²) in [4.78, 5) is 58.7. The second kappa shape index (κ2) is 77.6. The molecule has 0 rings (SSSR count). The summed E-state index contributed by atoms with van der Waals surface area (Å²) in [6.07, 6.45) is 92.3. The third kappa shape index (κ3) is 78.8. The Morgan fingerprint density at radius 3 is 0.767 bits per heavy atom. The van der Waals surface area contributed by atoms with Crippen molar-refractivity contribution in [3.8, 4) is 0 Å². The Hall–Kier alpha value is -4.05. The fraction of sp³-hybridized carbons (Fsp3) is 0.729. The first-order chi connectivity index (χ1) is 50.2. The van der Waals surface area contributed by atoms with Crippen LogP contribution in [0.15, 0.2) is 122 Å². The molecule has 0 radical (unpaired) electrons. The first-order valence-electron chi connectivity index (χ1n) is 40.8. The van der Waals surface area contributed by atoms with Gasteiger partial charge in [0.15, 0.2) is 6.10 Å². The summed E-state index contributed by atoms with van der Waals surface area (Å²) in [5.74, 6) is -1.60. The molecule has 0 saturated heterocycles. The summed E-state index contributed by atoms with van der Waals surface area (Å²) in [5.41, 5.74) is 0. The van der Waals surface area contributed by atoms with Gasteiger partial charge in [-0.2, -0.15) is 0 Å². The monoisotopic (exact) mass is 1490 g/mol. The molecule has 0 aliphatic heterocycles. The van der Waals surface area contributed by atoms with Crippen LogP contribution in [0.4, 0.5) is 0 Å². The fourth-order valence-electron chi connectivity index (χ4n) is 10.9. The van der Waals surface area contributed by atoms with Crippen LogP contribution in [0.5, 0.6) is 0 Å². The maximum absolute atomic E-state index is 13.0. The number of rotatable bonds is 77. The Morgan fingerprint density at radius 2 is 0.485 bits per heavy atom. The van der Waals surface area contributed by atoms with E-state index < -0.39 is 91.5 Å². The normalized spacial score (nSPS) is 14.6. The van der Waals surface area contributed by atoms with E-state index in [0.717, 1.165) is 161 Å². The second-order valence-corrected chi connectivity index (χ2v) is 30.1. The molecule has 4 N–H and O–H groups in total. The van der Waals surface area contributed by atoms with Crippen molar-refractivity contribution >= 4 is 33.6 Å². The van der Waals surface area contributed by atoms with Gasteiger partial charge in [-0.15, -0.1) is 0 Å². The van der Waals surface area contributed by atoms with Crippen LogP contribution < -0.4 is 0 Å². The van der Waals surface area contributed by atoms with Gasteiger partial charge in [-0.1, -0.05) is 303 Å². The molecule has 0 saturated carbocycles. The zero-order valence-electron chi connectivity index (χ0n) is 65.0. The smallest absolute Gasteiger partial charge is 0.463 e. The van der Waals surface area contributed by atoms with Crippen LogP contribution in [0, 0.1) is 0 Å². The Morgan fingerprint density at radius 1 is 0.272 bits per heavy atom. The molecule has 5 atom stereocenters. The summed E-state index contributed by atoms with van der Waals surface area (Å²) in [7, 11) is -9.80. The van der Waals surface area contributed by atoms with E-state index in [-0.39, 0.29) is 19.3 Å². The number of hydrogen-bond donors (Lipinski definition) is 4. The summed E-state index contributed by atoms with van der Waals surface area (Å²) in [6.45, 7) is 2.59. The minimum absolute atomic E-state index is 0.0852. The van der Waals surface area contributed by atoms with Gasteiger partial charge in [0.25, 0.3) is 0 Å². The number of aliphatic hydroxyl groups is 2. The highest BCUT2D eigenvalue weighted by atomic mass is 31.2. The van der Waals surface area contributed by atoms with Gasteiger partial charge in [-0.05, 0) is 141 Å². The molecule has 0 aromatic carbocycles. The molecule has 18 heteroatoms. The zero-order valence-corrected chi connectivity index (χ0v) is 66.7. The molecular formula is C85H148O16P2. The molecule has 0 aromatic heterocycles. The van der Waals surface area contributed by atoms with E-state index in [0.29, 0.717) is 19.3 Å². The van der Waals surface area contributed by atoms with Gasteiger partial charge in [0.1, 0.15) is 25.4 Å². The molecule has 0 aliphatic carbocycles. The first kappa shape index (κ1) is 98.9. The van der Waals surface area contributed by atoms with Gasteiger partial charge in [0.05, 0.1) is 26.4 Å². The van der Waals surface area contributed by atoms with Crippen LogP contribution in [-0.2, 0) is 55.8 Å². The van der Waals surface area contributed by atoms with E-state index in [1.54, 1.807) is 0 Å². The van der Waals surface area contributed by atoms with E-state index in [1.165, 1.54) is 122 Å². The molecule has 16 nitrogen and oxygen atoms in total. The van der Waals surface area contributed by atoms with Gasteiger partial charge >= 0.3 is 33.6 Å². The van der Waals surface area contributed by atoms with Crippen LogP contribution in [-0.4, -0.2) is 95.9 Å². The van der Waals surface area contributed by atoms with Gasteiger partial charge in [-0.3, -0.25) is 32.5 Å². The van der Waals surface area contributed by atoms with Gasteiger partial charge < -0.3 is 34.2 Å². The van der Waals surface area contributed by atoms with E-state index in [2.05, 4.69) is 142 Å². The molecular weight excluding hydrogens is 1340 g/mol. The number of phosphoric acid groups is 2. The first-order valence-corrected chi connectivity index (χ1v) is 43.8. The molecule has 594 valence electrons. The number of aliphatic hydroxyl groups excluding tert-OH is 2. The Labute approximate surface area is 627 Å². The maximum Gasteiger partial charge on any atom is 0.472 e. The Kier molecular flexibility index (Phi) is 74.5. The average molecular weight is 1490 g/mol. The second-order valence-electron chi connectivity index (χ2n) is 27.2. The van der Waals surface area contributed by atoms with Crippen LogP contribution >= 0.6 is 15.6 Å². The van der Waals surface area contributed by atoms with Crippen molar-refractivity contribution in [3.63, 3.8) is 0 Å². The van der Waals surface area contributed by atoms with Crippen molar-refractivity contribution in [2.75, 3.05) is 39.6 Å². The lowest BCUT2D eigenvalue weighted by atomic mass is 10.0. The number of carbonyl (C=O) groups excluding carboxylic acids is 3. The van der Waals surface area contributed by atoms with Crippen LogP contribution in [0.1, 0.15) is 342 Å². The molecule has 0 fully saturated rings. The van der Waals surface area contributed by atoms with E-state index in [4.69, 9.17) is 32.3 Å². The summed E-state index contributed by atoms with van der Waals surface area (Å²) >= 11 is 0. The zero-order chi connectivity index (χ0) is 75.2. The number of carbonyl (C=O) groups is 3. The highest BCUT2D eigenvalue weighted by Gasteiger charge is 2.29. The summed E-state index contributed by atoms with van der Waals surface area (Å²) in [5, 5.41) is 20.7. The number of unbranched alkanes of at least 4 members (excludes halogenated alkanes) is 34. The summed E-state index contributed by atoms with van der Waals surface area (Å²) < 4.78 is 61.2. The molecule has 103 heavy (non-hydrogen) atoms. The number of ether oxygens (including phenoxy) is 3. The Bertz CT molecular complexity index is 2360. The highest BCUT2D eigenvalue weighted by molar-refractivity contribution is 7.47. The number of allylic oxidation sites excluding steroid dienone is 20. The van der Waals surface area contributed by atoms with E-state index >= 15 is 0 Å². The van der Waals surface area contributed by atoms with Crippen molar-refractivity contribution in [2.45, 2.75) is 360 Å². The van der Waals surface area contributed by atoms with Crippen LogP contribution in [0.3, 0.4) is 0 Å². The predicted molar refractivity (Wildman–Crippen MR) is 427 cm³/mol. The lowest BCUT2D eigenvalue weighted by Crippen LogP contribution is -2.30. The largest absolute Gasteiger partial charge is 0.472 e. The third-order valence-corrected chi connectivity index (χ3v) is 19.0. The number of esters is 3. The molecule has 0 heterocycles. The minimum atomic E-state index is -4.94. The predicted octanol–water partition coefficient (Wildman–Crippen LogP) is 24.1. The third-order valence-electron chi connectivity index (χ3n) is 17.1. The minimum Gasteiger partial charge on any atom is -0.463 e. The van der Waals surface area contributed by atoms with Crippen LogP contribution in [0.2, 0.25) is 0 Å². The SMILES string of the molecule is CCCCC/C=C\C/C=C\C/C=C\C/C=C\CCCCCCCCCCCCCCCC(=O)OCC(O)COP(=O)(O)OCC(O)COP(=O)(O)OCC(COC(=O)CCCCCCCC/C=C\C/C=C\C/C=C\CCCCC)OC(=O)CCCCCCCC/C=C\C/C=C\C/C=C\CCCCC.